The van der Waals surface area contributed by atoms with Crippen molar-refractivity contribution in [2.24, 2.45) is 5.10 Å². The first kappa shape index (κ1) is 27.3. The molecule has 0 aliphatic carbocycles. The van der Waals surface area contributed by atoms with Gasteiger partial charge in [-0.15, -0.1) is 0 Å². The highest BCUT2D eigenvalue weighted by molar-refractivity contribution is 6.40. The molecule has 12 nitrogen and oxygen atoms in total. The van der Waals surface area contributed by atoms with E-state index in [1.807, 2.05) is 0 Å². The Balaban J connectivity index is 1.62. The summed E-state index contributed by atoms with van der Waals surface area (Å²) in [4.78, 5) is 44.7. The molecular weight excluding hydrogens is 555 g/mol. The average molecular weight is 568 g/mol. The van der Waals surface area contributed by atoms with E-state index in [2.05, 4.69) is 10.5 Å². The maximum atomic E-state index is 12.4. The lowest BCUT2D eigenvalue weighted by atomic mass is 10.1. The molecule has 3 aromatic carbocycles. The Morgan fingerprint density at radius 3 is 2.16 bits per heavy atom. The number of nitrogens with zero attached hydrogens (tertiary/aromatic N) is 3. The minimum absolute atomic E-state index is 0.0183. The maximum absolute atomic E-state index is 12.4. The van der Waals surface area contributed by atoms with Crippen LogP contribution in [0.3, 0.4) is 0 Å². The Kier molecular flexibility index (Phi) is 8.95. The fraction of sp³-hybridized carbons (Fsp3) is 0.0455. The number of hydrogen-bond acceptors (Lipinski definition) is 9. The predicted octanol–water partition coefficient (Wildman–Crippen LogP) is 5.21. The van der Waals surface area contributed by atoms with Gasteiger partial charge in [0.1, 0.15) is 5.75 Å². The summed E-state index contributed by atoms with van der Waals surface area (Å²) in [5, 5.41) is 26.4. The minimum atomic E-state index is -1.05. The van der Waals surface area contributed by atoms with Crippen LogP contribution in [0, 0.1) is 20.2 Å². The summed E-state index contributed by atoms with van der Waals surface area (Å²) in [5.74, 6) is -1.58. The predicted molar refractivity (Wildman–Crippen MR) is 134 cm³/mol. The summed E-state index contributed by atoms with van der Waals surface area (Å²) in [6, 6.07) is 11.1. The molecule has 0 aromatic heterocycles. The summed E-state index contributed by atoms with van der Waals surface area (Å²) in [6.45, 7) is -0.453. The lowest BCUT2D eigenvalue weighted by molar-refractivity contribution is -0.394. The van der Waals surface area contributed by atoms with Gasteiger partial charge in [-0.05, 0) is 29.8 Å². The molecule has 1 amide bonds. The van der Waals surface area contributed by atoms with E-state index in [0.29, 0.717) is 10.6 Å². The second kappa shape index (κ2) is 12.1. The Labute approximate surface area is 222 Å². The fourth-order valence-electron chi connectivity index (χ4n) is 2.76. The van der Waals surface area contributed by atoms with Crippen molar-refractivity contribution >= 4 is 64.3 Å². The van der Waals surface area contributed by atoms with E-state index in [0.717, 1.165) is 18.2 Å². The molecule has 37 heavy (non-hydrogen) atoms. The number of hydrogen-bond donors (Lipinski definition) is 1. The number of benzene rings is 3. The fourth-order valence-corrected chi connectivity index (χ4v) is 3.69. The largest absolute Gasteiger partial charge is 0.481 e. The molecule has 15 heteroatoms. The molecule has 1 N–H and O–H groups in total. The zero-order chi connectivity index (χ0) is 27.1. The van der Waals surface area contributed by atoms with E-state index in [1.165, 1.54) is 36.5 Å². The Morgan fingerprint density at radius 1 is 0.946 bits per heavy atom. The molecular formula is C22H13Cl3N4O8. The highest BCUT2D eigenvalue weighted by atomic mass is 35.5. The van der Waals surface area contributed by atoms with Gasteiger partial charge in [-0.3, -0.25) is 25.0 Å². The number of nitro groups is 2. The van der Waals surface area contributed by atoms with Gasteiger partial charge >= 0.3 is 5.97 Å². The van der Waals surface area contributed by atoms with Crippen molar-refractivity contribution in [3.63, 3.8) is 0 Å². The van der Waals surface area contributed by atoms with Gasteiger partial charge in [-0.2, -0.15) is 5.10 Å². The van der Waals surface area contributed by atoms with Crippen molar-refractivity contribution in [2.75, 3.05) is 6.61 Å². The zero-order valence-electron chi connectivity index (χ0n) is 18.2. The van der Waals surface area contributed by atoms with Crippen molar-refractivity contribution in [1.82, 2.24) is 5.43 Å². The Hall–Kier alpha value is -4.26. The molecule has 0 fully saturated rings. The lowest BCUT2D eigenvalue weighted by Gasteiger charge is -2.09. The van der Waals surface area contributed by atoms with E-state index in [1.54, 1.807) is 6.07 Å². The number of nitro benzene ring substituents is 2. The first-order valence-electron chi connectivity index (χ1n) is 9.89. The van der Waals surface area contributed by atoms with Gasteiger partial charge in [0.15, 0.2) is 12.4 Å². The number of hydrazone groups is 1. The number of rotatable bonds is 9. The standard InChI is InChI=1S/C22H13Cl3N4O8/c23-14-7-18(24)21(19(25)8-14)36-11-20(30)27-26-10-12-2-1-3-17(4-12)37-22(31)13-5-15(28(32)33)9-16(6-13)29(34)35/h1-10H,11H2,(H,27,30)/b26-10-. The molecule has 0 aliphatic rings. The number of carbonyl (C=O) groups is 2. The third-order valence-corrected chi connectivity index (χ3v) is 5.12. The molecule has 0 aliphatic heterocycles. The summed E-state index contributed by atoms with van der Waals surface area (Å²) < 4.78 is 10.5. The maximum Gasteiger partial charge on any atom is 0.344 e. The molecule has 3 rings (SSSR count). The van der Waals surface area contributed by atoms with E-state index in [9.17, 15) is 29.8 Å². The third-order valence-electron chi connectivity index (χ3n) is 4.34. The minimum Gasteiger partial charge on any atom is -0.481 e. The number of amides is 1. The molecule has 0 atom stereocenters. The molecule has 0 heterocycles. The summed E-state index contributed by atoms with van der Waals surface area (Å²) >= 11 is 17.8. The van der Waals surface area contributed by atoms with E-state index in [-0.39, 0.29) is 27.1 Å². The highest BCUT2D eigenvalue weighted by Gasteiger charge is 2.21. The van der Waals surface area contributed by atoms with Crippen molar-refractivity contribution < 1.29 is 28.9 Å². The van der Waals surface area contributed by atoms with Crippen LogP contribution in [0.4, 0.5) is 11.4 Å². The molecule has 0 saturated heterocycles. The second-order valence-corrected chi connectivity index (χ2v) is 8.25. The number of ether oxygens (including phenoxy) is 2. The van der Waals surface area contributed by atoms with Gasteiger partial charge in [-0.1, -0.05) is 46.9 Å². The molecule has 0 saturated carbocycles. The van der Waals surface area contributed by atoms with Crippen LogP contribution in [0.1, 0.15) is 15.9 Å². The van der Waals surface area contributed by atoms with Crippen LogP contribution in [0.25, 0.3) is 0 Å². The van der Waals surface area contributed by atoms with Crippen LogP contribution in [-0.4, -0.2) is 34.5 Å². The van der Waals surface area contributed by atoms with Crippen molar-refractivity contribution in [2.45, 2.75) is 0 Å². The number of nitrogens with one attached hydrogen (secondary N) is 1. The van der Waals surface area contributed by atoms with E-state index < -0.39 is 39.7 Å². The van der Waals surface area contributed by atoms with Gasteiger partial charge in [0.05, 0.1) is 37.7 Å². The van der Waals surface area contributed by atoms with Crippen molar-refractivity contribution in [1.29, 1.82) is 0 Å². The van der Waals surface area contributed by atoms with Crippen molar-refractivity contribution in [3.8, 4) is 11.5 Å². The normalized spacial score (nSPS) is 10.7. The van der Waals surface area contributed by atoms with E-state index >= 15 is 0 Å². The number of esters is 1. The molecule has 0 spiro atoms. The van der Waals surface area contributed by atoms with Crippen LogP contribution in [-0.2, 0) is 4.79 Å². The molecule has 3 aromatic rings. The average Bonchev–Trinajstić information content (AvgIpc) is 2.83. The molecule has 0 bridgehead atoms. The first-order valence-corrected chi connectivity index (χ1v) is 11.0. The summed E-state index contributed by atoms with van der Waals surface area (Å²) in [5.41, 5.74) is 0.978. The van der Waals surface area contributed by atoms with Crippen LogP contribution in [0.5, 0.6) is 11.5 Å². The summed E-state index contributed by atoms with van der Waals surface area (Å²) in [7, 11) is 0. The monoisotopic (exact) mass is 566 g/mol. The number of carbonyl (C=O) groups excluding carboxylic acids is 2. The van der Waals surface area contributed by atoms with Crippen LogP contribution in [0.2, 0.25) is 15.1 Å². The van der Waals surface area contributed by atoms with Gasteiger partial charge in [0.2, 0.25) is 0 Å². The molecule has 190 valence electrons. The zero-order valence-corrected chi connectivity index (χ0v) is 20.5. The smallest absolute Gasteiger partial charge is 0.344 e. The quantitative estimate of drug-likeness (QED) is 0.121. The van der Waals surface area contributed by atoms with Gasteiger partial charge in [0, 0.05) is 17.2 Å². The number of non-ortho nitro benzene ring substituents is 2. The summed E-state index contributed by atoms with van der Waals surface area (Å²) in [6.07, 6.45) is 1.25. The van der Waals surface area contributed by atoms with Crippen molar-refractivity contribution in [3.05, 3.63) is 101 Å². The van der Waals surface area contributed by atoms with Gasteiger partial charge < -0.3 is 9.47 Å². The first-order chi connectivity index (χ1) is 17.5. The van der Waals surface area contributed by atoms with Crippen LogP contribution < -0.4 is 14.9 Å². The Bertz CT molecular complexity index is 1380. The molecule has 0 unspecified atom stereocenters. The second-order valence-electron chi connectivity index (χ2n) is 6.99. The third kappa shape index (κ3) is 7.61. The Morgan fingerprint density at radius 2 is 1.57 bits per heavy atom. The SMILES string of the molecule is O=C(COc1c(Cl)cc(Cl)cc1Cl)N/N=C\c1cccc(OC(=O)c2cc([N+](=O)[O-])cc([N+](=O)[O-])c2)c1. The molecule has 0 radical (unpaired) electrons. The van der Waals surface area contributed by atoms with E-state index in [4.69, 9.17) is 44.3 Å². The van der Waals surface area contributed by atoms with Gasteiger partial charge in [0.25, 0.3) is 17.3 Å². The number of halogens is 3. The lowest BCUT2D eigenvalue weighted by Crippen LogP contribution is -2.24. The van der Waals surface area contributed by atoms with Crippen LogP contribution >= 0.6 is 34.8 Å². The van der Waals surface area contributed by atoms with Crippen LogP contribution in [0.15, 0.2) is 59.7 Å². The highest BCUT2D eigenvalue weighted by Crippen LogP contribution is 2.35. The topological polar surface area (TPSA) is 163 Å². The van der Waals surface area contributed by atoms with Gasteiger partial charge in [-0.25, -0.2) is 10.2 Å².